The third kappa shape index (κ3) is 3.15. The summed E-state index contributed by atoms with van der Waals surface area (Å²) < 4.78 is 15.9. The van der Waals surface area contributed by atoms with Crippen molar-refractivity contribution in [2.45, 2.75) is 0 Å². The molecule has 0 spiro atoms. The number of methoxy groups -OCH3 is 3. The number of benzene rings is 1. The Morgan fingerprint density at radius 2 is 1.67 bits per heavy atom. The molecule has 6 nitrogen and oxygen atoms in total. The Labute approximate surface area is 122 Å². The van der Waals surface area contributed by atoms with Gasteiger partial charge in [0.2, 0.25) is 5.75 Å². The fourth-order valence-electron chi connectivity index (χ4n) is 1.89. The van der Waals surface area contributed by atoms with E-state index in [9.17, 15) is 0 Å². The van der Waals surface area contributed by atoms with Crippen LogP contribution >= 0.6 is 0 Å². The fourth-order valence-corrected chi connectivity index (χ4v) is 1.89. The number of aromatic nitrogens is 1. The second kappa shape index (κ2) is 6.48. The number of rotatable bonds is 5. The van der Waals surface area contributed by atoms with Gasteiger partial charge in [-0.2, -0.15) is 5.26 Å². The van der Waals surface area contributed by atoms with Gasteiger partial charge in [-0.05, 0) is 12.1 Å². The van der Waals surface area contributed by atoms with Crippen molar-refractivity contribution < 1.29 is 14.2 Å². The van der Waals surface area contributed by atoms with Crippen LogP contribution in [0.4, 0.5) is 11.4 Å². The van der Waals surface area contributed by atoms with Crippen molar-refractivity contribution in [1.29, 1.82) is 5.26 Å². The topological polar surface area (TPSA) is 76.4 Å². The predicted molar refractivity (Wildman–Crippen MR) is 78.3 cm³/mol. The molecule has 0 amide bonds. The van der Waals surface area contributed by atoms with Gasteiger partial charge in [-0.25, -0.2) is 4.98 Å². The first kappa shape index (κ1) is 14.5. The van der Waals surface area contributed by atoms with Crippen LogP contribution in [0.3, 0.4) is 0 Å². The highest BCUT2D eigenvalue weighted by molar-refractivity contribution is 5.68. The highest BCUT2D eigenvalue weighted by atomic mass is 16.5. The standard InChI is InChI=1S/C15H15N3O3/c1-19-13-7-11(8-14(20-2)15(13)21-3)18-10-4-5-17-12(6-10)9-16/h4-8H,1-3H3,(H,17,18). The smallest absolute Gasteiger partial charge is 0.203 e. The minimum Gasteiger partial charge on any atom is -0.493 e. The van der Waals surface area contributed by atoms with E-state index in [1.807, 2.05) is 6.07 Å². The zero-order chi connectivity index (χ0) is 15.2. The van der Waals surface area contributed by atoms with Crippen molar-refractivity contribution in [3.63, 3.8) is 0 Å². The molecule has 0 aliphatic heterocycles. The molecule has 2 rings (SSSR count). The number of ether oxygens (including phenoxy) is 3. The number of pyridine rings is 1. The maximum absolute atomic E-state index is 8.86. The van der Waals surface area contributed by atoms with Crippen LogP contribution in [0.2, 0.25) is 0 Å². The van der Waals surface area contributed by atoms with Crippen LogP contribution in [-0.4, -0.2) is 26.3 Å². The van der Waals surface area contributed by atoms with E-state index in [0.717, 1.165) is 11.4 Å². The molecule has 0 bridgehead atoms. The summed E-state index contributed by atoms with van der Waals surface area (Å²) in [4.78, 5) is 3.92. The van der Waals surface area contributed by atoms with Crippen LogP contribution in [0.5, 0.6) is 17.2 Å². The molecule has 0 aliphatic carbocycles. The van der Waals surface area contributed by atoms with Gasteiger partial charge in [-0.3, -0.25) is 0 Å². The number of nitriles is 1. The summed E-state index contributed by atoms with van der Waals surface area (Å²) in [5, 5.41) is 12.0. The number of anilines is 2. The van der Waals surface area contributed by atoms with Gasteiger partial charge in [0, 0.05) is 29.7 Å². The maximum Gasteiger partial charge on any atom is 0.203 e. The summed E-state index contributed by atoms with van der Waals surface area (Å²) in [6.45, 7) is 0. The van der Waals surface area contributed by atoms with Crippen molar-refractivity contribution in [2.75, 3.05) is 26.6 Å². The summed E-state index contributed by atoms with van der Waals surface area (Å²) >= 11 is 0. The monoisotopic (exact) mass is 285 g/mol. The summed E-state index contributed by atoms with van der Waals surface area (Å²) in [7, 11) is 4.66. The Balaban J connectivity index is 2.38. The van der Waals surface area contributed by atoms with Crippen molar-refractivity contribution in [1.82, 2.24) is 4.98 Å². The predicted octanol–water partition coefficient (Wildman–Crippen LogP) is 2.72. The molecule has 0 saturated carbocycles. The van der Waals surface area contributed by atoms with Gasteiger partial charge in [0.05, 0.1) is 21.3 Å². The molecule has 0 aliphatic rings. The van der Waals surface area contributed by atoms with Crippen LogP contribution in [-0.2, 0) is 0 Å². The minimum atomic E-state index is 0.340. The minimum absolute atomic E-state index is 0.340. The van der Waals surface area contributed by atoms with Gasteiger partial charge in [0.15, 0.2) is 11.5 Å². The lowest BCUT2D eigenvalue weighted by Gasteiger charge is -2.15. The van der Waals surface area contributed by atoms with E-state index in [0.29, 0.717) is 22.9 Å². The van der Waals surface area contributed by atoms with E-state index < -0.39 is 0 Å². The van der Waals surface area contributed by atoms with Gasteiger partial charge in [-0.15, -0.1) is 0 Å². The van der Waals surface area contributed by atoms with Gasteiger partial charge in [0.25, 0.3) is 0 Å². The van der Waals surface area contributed by atoms with E-state index in [1.165, 1.54) is 0 Å². The van der Waals surface area contributed by atoms with Crippen molar-refractivity contribution in [3.05, 3.63) is 36.2 Å². The average molecular weight is 285 g/mol. The normalized spacial score (nSPS) is 9.62. The first-order valence-electron chi connectivity index (χ1n) is 6.15. The number of nitrogens with zero attached hydrogens (tertiary/aromatic N) is 2. The van der Waals surface area contributed by atoms with Crippen LogP contribution in [0.1, 0.15) is 5.69 Å². The van der Waals surface area contributed by atoms with Crippen LogP contribution in [0, 0.1) is 11.3 Å². The molecule has 0 radical (unpaired) electrons. The van der Waals surface area contributed by atoms with Gasteiger partial charge in [0.1, 0.15) is 11.8 Å². The molecule has 1 heterocycles. The Kier molecular flexibility index (Phi) is 4.46. The first-order valence-corrected chi connectivity index (χ1v) is 6.15. The molecule has 1 N–H and O–H groups in total. The molecular weight excluding hydrogens is 270 g/mol. The van der Waals surface area contributed by atoms with Crippen LogP contribution in [0.15, 0.2) is 30.5 Å². The zero-order valence-corrected chi connectivity index (χ0v) is 12.0. The largest absolute Gasteiger partial charge is 0.493 e. The fraction of sp³-hybridized carbons (Fsp3) is 0.200. The summed E-state index contributed by atoms with van der Waals surface area (Å²) in [5.74, 6) is 1.63. The molecule has 0 fully saturated rings. The Hall–Kier alpha value is -2.94. The van der Waals surface area contributed by atoms with E-state index in [4.69, 9.17) is 19.5 Å². The first-order chi connectivity index (χ1) is 10.2. The Morgan fingerprint density at radius 3 is 2.19 bits per heavy atom. The van der Waals surface area contributed by atoms with E-state index >= 15 is 0 Å². The molecular formula is C15H15N3O3. The Bertz CT molecular complexity index is 655. The van der Waals surface area contributed by atoms with Gasteiger partial charge >= 0.3 is 0 Å². The summed E-state index contributed by atoms with van der Waals surface area (Å²) in [6.07, 6.45) is 1.57. The summed E-state index contributed by atoms with van der Waals surface area (Å²) in [6, 6.07) is 8.99. The lowest BCUT2D eigenvalue weighted by molar-refractivity contribution is 0.324. The van der Waals surface area contributed by atoms with Crippen molar-refractivity contribution in [3.8, 4) is 23.3 Å². The lowest BCUT2D eigenvalue weighted by Crippen LogP contribution is -1.98. The second-order valence-corrected chi connectivity index (χ2v) is 4.08. The zero-order valence-electron chi connectivity index (χ0n) is 12.0. The van der Waals surface area contributed by atoms with E-state index in [1.54, 1.807) is 51.8 Å². The van der Waals surface area contributed by atoms with E-state index in [-0.39, 0.29) is 0 Å². The highest BCUT2D eigenvalue weighted by Gasteiger charge is 2.13. The van der Waals surface area contributed by atoms with Crippen molar-refractivity contribution in [2.24, 2.45) is 0 Å². The number of nitrogens with one attached hydrogen (secondary N) is 1. The average Bonchev–Trinajstić information content (AvgIpc) is 2.53. The van der Waals surface area contributed by atoms with Crippen LogP contribution in [0.25, 0.3) is 0 Å². The van der Waals surface area contributed by atoms with E-state index in [2.05, 4.69) is 10.3 Å². The number of hydrogen-bond donors (Lipinski definition) is 1. The molecule has 6 heteroatoms. The molecule has 108 valence electrons. The summed E-state index contributed by atoms with van der Waals surface area (Å²) in [5.41, 5.74) is 1.84. The van der Waals surface area contributed by atoms with Gasteiger partial charge in [-0.1, -0.05) is 0 Å². The Morgan fingerprint density at radius 1 is 1.00 bits per heavy atom. The molecule has 0 saturated heterocycles. The SMILES string of the molecule is COc1cc(Nc2ccnc(C#N)c2)cc(OC)c1OC. The molecule has 1 aromatic heterocycles. The van der Waals surface area contributed by atoms with Gasteiger partial charge < -0.3 is 19.5 Å². The molecule has 0 unspecified atom stereocenters. The lowest BCUT2D eigenvalue weighted by atomic mass is 10.2. The third-order valence-electron chi connectivity index (χ3n) is 2.83. The molecule has 1 aromatic carbocycles. The maximum atomic E-state index is 8.86. The molecule has 21 heavy (non-hydrogen) atoms. The molecule has 0 atom stereocenters. The third-order valence-corrected chi connectivity index (χ3v) is 2.83. The highest BCUT2D eigenvalue weighted by Crippen LogP contribution is 2.40. The number of hydrogen-bond acceptors (Lipinski definition) is 6. The van der Waals surface area contributed by atoms with Crippen molar-refractivity contribution >= 4 is 11.4 Å². The molecule has 2 aromatic rings. The van der Waals surface area contributed by atoms with Crippen LogP contribution < -0.4 is 19.5 Å². The quantitative estimate of drug-likeness (QED) is 0.910. The second-order valence-electron chi connectivity index (χ2n) is 4.08.